The number of nitrogens with zero attached hydrogens (tertiary/aromatic N) is 1. The van der Waals surface area contributed by atoms with Gasteiger partial charge in [-0.15, -0.1) is 12.4 Å². The molecule has 1 aromatic carbocycles. The lowest BCUT2D eigenvalue weighted by atomic mass is 9.82. The van der Waals surface area contributed by atoms with Gasteiger partial charge in [-0.1, -0.05) is 43.7 Å². The molecule has 2 aliphatic heterocycles. The van der Waals surface area contributed by atoms with Gasteiger partial charge in [0.2, 0.25) is 5.91 Å². The molecule has 0 aromatic heterocycles. The number of aryl methyl sites for hydroxylation is 1. The molecule has 0 aliphatic carbocycles. The van der Waals surface area contributed by atoms with Gasteiger partial charge in [-0.25, -0.2) is 0 Å². The van der Waals surface area contributed by atoms with E-state index in [9.17, 15) is 4.79 Å². The summed E-state index contributed by atoms with van der Waals surface area (Å²) in [6.07, 6.45) is 5.49. The van der Waals surface area contributed by atoms with Gasteiger partial charge in [0.05, 0.1) is 6.04 Å². The van der Waals surface area contributed by atoms with Crippen molar-refractivity contribution in [2.24, 2.45) is 17.8 Å². The number of amides is 1. The van der Waals surface area contributed by atoms with E-state index in [4.69, 9.17) is 0 Å². The molecule has 1 aromatic rings. The topological polar surface area (TPSA) is 32.3 Å². The molecule has 2 fully saturated rings. The number of carbonyl (C=O) groups is 1. The predicted molar refractivity (Wildman–Crippen MR) is 111 cm³/mol. The van der Waals surface area contributed by atoms with Gasteiger partial charge in [0.1, 0.15) is 0 Å². The molecule has 3 rings (SSSR count). The number of benzene rings is 1. The summed E-state index contributed by atoms with van der Waals surface area (Å²) < 4.78 is 0. The zero-order valence-corrected chi connectivity index (χ0v) is 17.4. The van der Waals surface area contributed by atoms with Crippen LogP contribution in [-0.2, 0) is 4.79 Å². The number of hydrogen-bond donors (Lipinski definition) is 1. The Kier molecular flexibility index (Phi) is 7.97. The summed E-state index contributed by atoms with van der Waals surface area (Å²) in [5.41, 5.74) is 2.59. The minimum absolute atomic E-state index is 0. The average molecular weight is 379 g/mol. The predicted octanol–water partition coefficient (Wildman–Crippen LogP) is 4.74. The monoisotopic (exact) mass is 378 g/mol. The van der Waals surface area contributed by atoms with E-state index in [1.165, 1.54) is 30.4 Å². The van der Waals surface area contributed by atoms with E-state index >= 15 is 0 Å². The summed E-state index contributed by atoms with van der Waals surface area (Å²) in [7, 11) is 0. The first-order valence-electron chi connectivity index (χ1n) is 10.1. The summed E-state index contributed by atoms with van der Waals surface area (Å²) in [6, 6.07) is 9.05. The van der Waals surface area contributed by atoms with Crippen LogP contribution in [0.25, 0.3) is 0 Å². The van der Waals surface area contributed by atoms with E-state index in [1.807, 2.05) is 0 Å². The van der Waals surface area contributed by atoms with Crippen molar-refractivity contribution in [3.05, 3.63) is 35.4 Å². The highest BCUT2D eigenvalue weighted by molar-refractivity contribution is 5.85. The van der Waals surface area contributed by atoms with E-state index in [2.05, 4.69) is 55.3 Å². The van der Waals surface area contributed by atoms with Gasteiger partial charge in [-0.05, 0) is 69.0 Å². The molecule has 3 nitrogen and oxygen atoms in total. The largest absolute Gasteiger partial charge is 0.335 e. The highest BCUT2D eigenvalue weighted by atomic mass is 35.5. The second-order valence-corrected chi connectivity index (χ2v) is 8.33. The van der Waals surface area contributed by atoms with Crippen molar-refractivity contribution in [2.75, 3.05) is 19.6 Å². The third kappa shape index (κ3) is 5.01. The molecule has 4 heteroatoms. The maximum atomic E-state index is 13.2. The molecule has 1 N–H and O–H groups in total. The summed E-state index contributed by atoms with van der Waals surface area (Å²) in [5, 5.41) is 3.43. The van der Waals surface area contributed by atoms with E-state index in [0.29, 0.717) is 30.1 Å². The van der Waals surface area contributed by atoms with E-state index in [1.54, 1.807) is 0 Å². The van der Waals surface area contributed by atoms with Crippen molar-refractivity contribution in [1.29, 1.82) is 0 Å². The maximum absolute atomic E-state index is 13.2. The SMILES string of the molecule is Cc1ccc(C2C(C)CCCN2C(=O)CC(C)C2CCNCC2)cc1.Cl. The quantitative estimate of drug-likeness (QED) is 0.820. The maximum Gasteiger partial charge on any atom is 0.223 e. The summed E-state index contributed by atoms with van der Waals surface area (Å²) in [6.45, 7) is 9.84. The van der Waals surface area contributed by atoms with Gasteiger partial charge in [-0.3, -0.25) is 4.79 Å². The van der Waals surface area contributed by atoms with Gasteiger partial charge >= 0.3 is 0 Å². The fourth-order valence-corrected chi connectivity index (χ4v) is 4.71. The molecule has 0 bridgehead atoms. The molecule has 1 amide bonds. The highest BCUT2D eigenvalue weighted by Gasteiger charge is 2.34. The Hall–Kier alpha value is -1.06. The molecule has 3 unspecified atom stereocenters. The van der Waals surface area contributed by atoms with Crippen molar-refractivity contribution < 1.29 is 4.79 Å². The second-order valence-electron chi connectivity index (χ2n) is 8.33. The Morgan fingerprint density at radius 3 is 2.50 bits per heavy atom. The van der Waals surface area contributed by atoms with Crippen LogP contribution in [0.5, 0.6) is 0 Å². The van der Waals surface area contributed by atoms with Crippen LogP contribution in [0.3, 0.4) is 0 Å². The number of hydrogen-bond acceptors (Lipinski definition) is 2. The average Bonchev–Trinajstić information content (AvgIpc) is 2.63. The molecular formula is C22H35ClN2O. The third-order valence-electron chi connectivity index (χ3n) is 6.36. The van der Waals surface area contributed by atoms with E-state index in [-0.39, 0.29) is 18.4 Å². The number of likely N-dealkylation sites (tertiary alicyclic amines) is 1. The summed E-state index contributed by atoms with van der Waals surface area (Å²) in [5.74, 6) is 2.09. The van der Waals surface area contributed by atoms with Crippen LogP contribution < -0.4 is 5.32 Å². The van der Waals surface area contributed by atoms with Crippen LogP contribution in [0, 0.1) is 24.7 Å². The molecule has 0 spiro atoms. The van der Waals surface area contributed by atoms with E-state index in [0.717, 1.165) is 26.1 Å². The number of halogens is 1. The van der Waals surface area contributed by atoms with Crippen molar-refractivity contribution in [3.63, 3.8) is 0 Å². The van der Waals surface area contributed by atoms with Crippen LogP contribution in [0.2, 0.25) is 0 Å². The standard InChI is InChI=1S/C22H34N2O.ClH/c1-16-6-8-20(9-7-16)22-17(2)5-4-14-24(22)21(25)15-18(3)19-10-12-23-13-11-19;/h6-9,17-19,22-23H,4-5,10-15H2,1-3H3;1H. The van der Waals surface area contributed by atoms with Crippen LogP contribution in [0.4, 0.5) is 0 Å². The zero-order valence-electron chi connectivity index (χ0n) is 16.5. The fraction of sp³-hybridized carbons (Fsp3) is 0.682. The Morgan fingerprint density at radius 2 is 1.85 bits per heavy atom. The van der Waals surface area contributed by atoms with E-state index < -0.39 is 0 Å². The van der Waals surface area contributed by atoms with Gasteiger partial charge in [0.25, 0.3) is 0 Å². The first kappa shape index (κ1) is 21.2. The molecule has 2 aliphatic rings. The highest BCUT2D eigenvalue weighted by Crippen LogP contribution is 2.37. The Balaban J connectivity index is 0.00000243. The molecule has 3 atom stereocenters. The Morgan fingerprint density at radius 1 is 1.19 bits per heavy atom. The normalized spacial score (nSPS) is 25.4. The molecule has 2 heterocycles. The van der Waals surface area contributed by atoms with Crippen LogP contribution >= 0.6 is 12.4 Å². The molecule has 0 saturated carbocycles. The smallest absolute Gasteiger partial charge is 0.223 e. The Labute approximate surface area is 165 Å². The van der Waals surface area contributed by atoms with Crippen molar-refractivity contribution in [2.45, 2.75) is 58.9 Å². The molecule has 2 saturated heterocycles. The van der Waals surface area contributed by atoms with Crippen LogP contribution in [0.1, 0.15) is 63.1 Å². The number of carbonyl (C=O) groups excluding carboxylic acids is 1. The number of nitrogens with one attached hydrogen (secondary N) is 1. The summed E-state index contributed by atoms with van der Waals surface area (Å²) in [4.78, 5) is 15.3. The van der Waals surface area contributed by atoms with Crippen LogP contribution in [-0.4, -0.2) is 30.4 Å². The van der Waals surface area contributed by atoms with Gasteiger partial charge < -0.3 is 10.2 Å². The lowest BCUT2D eigenvalue weighted by Crippen LogP contribution is -2.43. The second kappa shape index (κ2) is 9.75. The Bertz CT molecular complexity index is 568. The lowest BCUT2D eigenvalue weighted by Gasteiger charge is -2.41. The van der Waals surface area contributed by atoms with Gasteiger partial charge in [0, 0.05) is 13.0 Å². The van der Waals surface area contributed by atoms with Crippen molar-refractivity contribution in [3.8, 4) is 0 Å². The van der Waals surface area contributed by atoms with Crippen LogP contribution in [0.15, 0.2) is 24.3 Å². The fourth-order valence-electron chi connectivity index (χ4n) is 4.71. The molecule has 0 radical (unpaired) electrons. The lowest BCUT2D eigenvalue weighted by molar-refractivity contribution is -0.138. The first-order valence-corrected chi connectivity index (χ1v) is 10.1. The number of piperidine rings is 2. The van der Waals surface area contributed by atoms with Gasteiger partial charge in [0.15, 0.2) is 0 Å². The molecular weight excluding hydrogens is 344 g/mol. The third-order valence-corrected chi connectivity index (χ3v) is 6.36. The van der Waals surface area contributed by atoms with Gasteiger partial charge in [-0.2, -0.15) is 0 Å². The van der Waals surface area contributed by atoms with Crippen molar-refractivity contribution in [1.82, 2.24) is 10.2 Å². The minimum Gasteiger partial charge on any atom is -0.335 e. The zero-order chi connectivity index (χ0) is 17.8. The minimum atomic E-state index is 0. The molecule has 26 heavy (non-hydrogen) atoms. The number of rotatable bonds is 4. The van der Waals surface area contributed by atoms with Crippen molar-refractivity contribution >= 4 is 18.3 Å². The molecule has 146 valence electrons. The summed E-state index contributed by atoms with van der Waals surface area (Å²) >= 11 is 0. The first-order chi connectivity index (χ1) is 12.1.